The summed E-state index contributed by atoms with van der Waals surface area (Å²) in [6, 6.07) is 3.55. The van der Waals surface area contributed by atoms with Gasteiger partial charge >= 0.3 is 0 Å². The van der Waals surface area contributed by atoms with Crippen molar-refractivity contribution in [2.24, 2.45) is 10.4 Å². The van der Waals surface area contributed by atoms with Crippen molar-refractivity contribution in [2.75, 3.05) is 19.6 Å². The lowest BCUT2D eigenvalue weighted by atomic mass is 9.96. The monoisotopic (exact) mass is 354 g/mol. The standard InChI is InChI=1S/C18H28F2N4O/c1-6-21-17(23-10-9-22-16(25)18(3,4)5)24-12(2)13-7-8-14(19)15(20)11-13/h7-8,11-12H,6,9-10H2,1-5H3,(H,22,25)(H2,21,23,24). The molecule has 1 aromatic carbocycles. The molecule has 0 fully saturated rings. The van der Waals surface area contributed by atoms with Gasteiger partial charge in [0.1, 0.15) is 0 Å². The predicted octanol–water partition coefficient (Wildman–Crippen LogP) is 2.74. The van der Waals surface area contributed by atoms with Gasteiger partial charge in [-0.2, -0.15) is 0 Å². The Labute approximate surface area is 148 Å². The van der Waals surface area contributed by atoms with Crippen LogP contribution in [0, 0.1) is 17.0 Å². The normalized spacial score (nSPS) is 13.3. The van der Waals surface area contributed by atoms with Gasteiger partial charge in [-0.05, 0) is 31.5 Å². The Morgan fingerprint density at radius 1 is 1.20 bits per heavy atom. The maximum atomic E-state index is 13.4. The first kappa shape index (κ1) is 20.9. The number of carbonyl (C=O) groups is 1. The number of carbonyl (C=O) groups excluding carboxylic acids is 1. The lowest BCUT2D eigenvalue weighted by molar-refractivity contribution is -0.128. The van der Waals surface area contributed by atoms with Crippen LogP contribution in [0.1, 0.15) is 46.2 Å². The first-order chi connectivity index (χ1) is 11.6. The molecule has 0 aromatic heterocycles. The summed E-state index contributed by atoms with van der Waals surface area (Å²) in [5, 5.41) is 9.05. The minimum atomic E-state index is -0.877. The van der Waals surface area contributed by atoms with Crippen LogP contribution in [0.3, 0.4) is 0 Å². The molecule has 3 N–H and O–H groups in total. The number of benzene rings is 1. The molecule has 0 saturated carbocycles. The molecular weight excluding hydrogens is 326 g/mol. The maximum absolute atomic E-state index is 13.4. The molecule has 1 aromatic rings. The summed E-state index contributed by atoms with van der Waals surface area (Å²) in [5.41, 5.74) is 0.179. The number of hydrogen-bond acceptors (Lipinski definition) is 2. The fourth-order valence-corrected chi connectivity index (χ4v) is 1.99. The van der Waals surface area contributed by atoms with Crippen LogP contribution in [-0.2, 0) is 4.79 Å². The van der Waals surface area contributed by atoms with Crippen molar-refractivity contribution in [1.82, 2.24) is 16.0 Å². The third-order valence-corrected chi connectivity index (χ3v) is 3.49. The van der Waals surface area contributed by atoms with Gasteiger partial charge in [-0.25, -0.2) is 8.78 Å². The lowest BCUT2D eigenvalue weighted by Gasteiger charge is -2.19. The zero-order chi connectivity index (χ0) is 19.0. The van der Waals surface area contributed by atoms with E-state index >= 15 is 0 Å². The van der Waals surface area contributed by atoms with E-state index in [9.17, 15) is 13.6 Å². The number of hydrogen-bond donors (Lipinski definition) is 3. The largest absolute Gasteiger partial charge is 0.357 e. The topological polar surface area (TPSA) is 65.5 Å². The second-order valence-corrected chi connectivity index (χ2v) is 6.81. The fraction of sp³-hybridized carbons (Fsp3) is 0.556. The molecule has 1 atom stereocenters. The molecule has 1 rings (SSSR count). The molecule has 0 aliphatic rings. The van der Waals surface area contributed by atoms with Crippen LogP contribution in [-0.4, -0.2) is 31.5 Å². The number of amides is 1. The molecule has 5 nitrogen and oxygen atoms in total. The summed E-state index contributed by atoms with van der Waals surface area (Å²) in [6.45, 7) is 10.8. The molecule has 7 heteroatoms. The highest BCUT2D eigenvalue weighted by atomic mass is 19.2. The van der Waals surface area contributed by atoms with E-state index in [4.69, 9.17) is 0 Å². The number of nitrogens with zero attached hydrogens (tertiary/aromatic N) is 1. The maximum Gasteiger partial charge on any atom is 0.225 e. The van der Waals surface area contributed by atoms with Crippen molar-refractivity contribution in [3.05, 3.63) is 35.4 Å². The first-order valence-electron chi connectivity index (χ1n) is 8.43. The van der Waals surface area contributed by atoms with E-state index in [0.29, 0.717) is 31.2 Å². The van der Waals surface area contributed by atoms with Crippen LogP contribution in [0.25, 0.3) is 0 Å². The molecule has 1 amide bonds. The zero-order valence-corrected chi connectivity index (χ0v) is 15.5. The van der Waals surface area contributed by atoms with E-state index in [1.165, 1.54) is 12.1 Å². The highest BCUT2D eigenvalue weighted by Gasteiger charge is 2.20. The van der Waals surface area contributed by atoms with Crippen LogP contribution < -0.4 is 16.0 Å². The van der Waals surface area contributed by atoms with Crippen LogP contribution in [0.2, 0.25) is 0 Å². The number of rotatable bonds is 6. The molecule has 0 radical (unpaired) electrons. The Balaban J connectivity index is 2.63. The molecular formula is C18H28F2N4O. The summed E-state index contributed by atoms with van der Waals surface area (Å²) in [7, 11) is 0. The molecule has 0 aliphatic heterocycles. The molecule has 0 aliphatic carbocycles. The van der Waals surface area contributed by atoms with Crippen LogP contribution in [0.15, 0.2) is 23.2 Å². The smallest absolute Gasteiger partial charge is 0.225 e. The van der Waals surface area contributed by atoms with Gasteiger partial charge in [-0.3, -0.25) is 9.79 Å². The molecule has 25 heavy (non-hydrogen) atoms. The number of nitrogens with one attached hydrogen (secondary N) is 3. The number of halogens is 2. The van der Waals surface area contributed by atoms with E-state index in [2.05, 4.69) is 20.9 Å². The van der Waals surface area contributed by atoms with Crippen molar-refractivity contribution < 1.29 is 13.6 Å². The Kier molecular flexibility index (Phi) is 7.80. The van der Waals surface area contributed by atoms with Crippen molar-refractivity contribution in [3.63, 3.8) is 0 Å². The summed E-state index contributed by atoms with van der Waals surface area (Å²) < 4.78 is 26.4. The highest BCUT2D eigenvalue weighted by molar-refractivity contribution is 5.81. The minimum Gasteiger partial charge on any atom is -0.357 e. The first-order valence-corrected chi connectivity index (χ1v) is 8.43. The van der Waals surface area contributed by atoms with Crippen molar-refractivity contribution in [1.29, 1.82) is 0 Å². The average molecular weight is 354 g/mol. The highest BCUT2D eigenvalue weighted by Crippen LogP contribution is 2.15. The van der Waals surface area contributed by atoms with Crippen LogP contribution in [0.4, 0.5) is 8.78 Å². The second kappa shape index (κ2) is 9.34. The fourth-order valence-electron chi connectivity index (χ4n) is 1.99. The van der Waals surface area contributed by atoms with Gasteiger partial charge in [0.05, 0.1) is 12.6 Å². The molecule has 0 spiro atoms. The van der Waals surface area contributed by atoms with Crippen molar-refractivity contribution in [3.8, 4) is 0 Å². The van der Waals surface area contributed by atoms with Gasteiger partial charge in [0.2, 0.25) is 5.91 Å². The van der Waals surface area contributed by atoms with E-state index < -0.39 is 17.0 Å². The van der Waals surface area contributed by atoms with Gasteiger partial charge in [0.15, 0.2) is 17.6 Å². The third kappa shape index (κ3) is 7.07. The molecule has 0 bridgehead atoms. The second-order valence-electron chi connectivity index (χ2n) is 6.81. The number of aliphatic imine (C=N–C) groups is 1. The van der Waals surface area contributed by atoms with E-state index in [1.54, 1.807) is 0 Å². The van der Waals surface area contributed by atoms with Gasteiger partial charge < -0.3 is 16.0 Å². The summed E-state index contributed by atoms with van der Waals surface area (Å²) in [5.74, 6) is -1.23. The lowest BCUT2D eigenvalue weighted by Crippen LogP contribution is -2.40. The van der Waals surface area contributed by atoms with Crippen molar-refractivity contribution in [2.45, 2.75) is 40.7 Å². The predicted molar refractivity (Wildman–Crippen MR) is 96.4 cm³/mol. The van der Waals surface area contributed by atoms with Crippen molar-refractivity contribution >= 4 is 11.9 Å². The van der Waals surface area contributed by atoms with E-state index in [1.807, 2.05) is 34.6 Å². The third-order valence-electron chi connectivity index (χ3n) is 3.49. The van der Waals surface area contributed by atoms with E-state index in [0.717, 1.165) is 6.07 Å². The SMILES string of the molecule is CCNC(=NCCNC(=O)C(C)(C)C)NC(C)c1ccc(F)c(F)c1. The quantitative estimate of drug-likeness (QED) is 0.418. The summed E-state index contributed by atoms with van der Waals surface area (Å²) in [4.78, 5) is 16.2. The van der Waals surface area contributed by atoms with Gasteiger partial charge in [0.25, 0.3) is 0 Å². The van der Waals surface area contributed by atoms with Crippen LogP contribution >= 0.6 is 0 Å². The summed E-state index contributed by atoms with van der Waals surface area (Å²) in [6.07, 6.45) is 0. The minimum absolute atomic E-state index is 0.0317. The summed E-state index contributed by atoms with van der Waals surface area (Å²) >= 11 is 0. The van der Waals surface area contributed by atoms with E-state index in [-0.39, 0.29) is 11.9 Å². The molecule has 0 heterocycles. The molecule has 1 unspecified atom stereocenters. The Morgan fingerprint density at radius 2 is 1.88 bits per heavy atom. The Hall–Kier alpha value is -2.18. The molecule has 0 saturated heterocycles. The number of guanidine groups is 1. The Morgan fingerprint density at radius 3 is 2.44 bits per heavy atom. The zero-order valence-electron chi connectivity index (χ0n) is 15.5. The van der Waals surface area contributed by atoms with Gasteiger partial charge in [-0.1, -0.05) is 26.8 Å². The van der Waals surface area contributed by atoms with Gasteiger partial charge in [-0.15, -0.1) is 0 Å². The van der Waals surface area contributed by atoms with Gasteiger partial charge in [0, 0.05) is 18.5 Å². The average Bonchev–Trinajstić information content (AvgIpc) is 2.52. The van der Waals surface area contributed by atoms with Crippen LogP contribution in [0.5, 0.6) is 0 Å². The Bertz CT molecular complexity index is 612. The molecule has 140 valence electrons.